The van der Waals surface area contributed by atoms with Gasteiger partial charge in [0.15, 0.2) is 0 Å². The minimum absolute atomic E-state index is 0.103. The first-order valence-corrected chi connectivity index (χ1v) is 4.66. The van der Waals surface area contributed by atoms with E-state index < -0.39 is 5.91 Å². The molecule has 0 bridgehead atoms. The van der Waals surface area contributed by atoms with Crippen molar-refractivity contribution in [1.82, 2.24) is 9.97 Å². The van der Waals surface area contributed by atoms with Crippen molar-refractivity contribution in [2.24, 2.45) is 5.73 Å². The second-order valence-corrected chi connectivity index (χ2v) is 3.39. The van der Waals surface area contributed by atoms with Gasteiger partial charge in [0, 0.05) is 22.3 Å². The highest BCUT2D eigenvalue weighted by Crippen LogP contribution is 2.15. The van der Waals surface area contributed by atoms with Gasteiger partial charge < -0.3 is 5.73 Å². The number of fused-ring (bicyclic) bond motifs is 1. The standard InChI is InChI=1S/C8H7N3OS/c9-7(12)1-8-10-2-5-3-13-4-6(5)11-8/h2-4H,1H2,(H2,9,12). The summed E-state index contributed by atoms with van der Waals surface area (Å²) in [6.07, 6.45) is 1.81. The number of rotatable bonds is 2. The van der Waals surface area contributed by atoms with Crippen LogP contribution >= 0.6 is 11.3 Å². The van der Waals surface area contributed by atoms with Gasteiger partial charge >= 0.3 is 0 Å². The van der Waals surface area contributed by atoms with Crippen LogP contribution in [0.3, 0.4) is 0 Å². The first-order chi connectivity index (χ1) is 6.25. The fraction of sp³-hybridized carbons (Fsp3) is 0.125. The predicted octanol–water partition coefficient (Wildman–Crippen LogP) is 0.719. The molecule has 0 saturated carbocycles. The van der Waals surface area contributed by atoms with Crippen molar-refractivity contribution in [2.75, 3.05) is 0 Å². The Bertz CT molecular complexity index is 451. The van der Waals surface area contributed by atoms with E-state index in [4.69, 9.17) is 5.73 Å². The van der Waals surface area contributed by atoms with Crippen LogP contribution in [0.5, 0.6) is 0 Å². The number of amides is 1. The summed E-state index contributed by atoms with van der Waals surface area (Å²) in [6.45, 7) is 0. The molecule has 0 saturated heterocycles. The van der Waals surface area contributed by atoms with E-state index in [1.54, 1.807) is 17.5 Å². The Balaban J connectivity index is 2.42. The van der Waals surface area contributed by atoms with Crippen LogP contribution < -0.4 is 5.73 Å². The SMILES string of the molecule is NC(=O)Cc1ncc2cscc2n1. The van der Waals surface area contributed by atoms with Gasteiger partial charge in [0.1, 0.15) is 5.82 Å². The van der Waals surface area contributed by atoms with Crippen LogP contribution in [0, 0.1) is 0 Å². The zero-order valence-electron chi connectivity index (χ0n) is 6.73. The van der Waals surface area contributed by atoms with Crippen molar-refractivity contribution < 1.29 is 4.79 Å². The summed E-state index contributed by atoms with van der Waals surface area (Å²) in [7, 11) is 0. The van der Waals surface area contributed by atoms with Crippen LogP contribution in [0.1, 0.15) is 5.82 Å². The Morgan fingerprint density at radius 1 is 1.54 bits per heavy atom. The molecule has 13 heavy (non-hydrogen) atoms. The highest BCUT2D eigenvalue weighted by molar-refractivity contribution is 7.09. The number of hydrogen-bond acceptors (Lipinski definition) is 4. The molecule has 2 aromatic heterocycles. The molecule has 0 aromatic carbocycles. The van der Waals surface area contributed by atoms with Crippen molar-refractivity contribution in [3.8, 4) is 0 Å². The smallest absolute Gasteiger partial charge is 0.225 e. The summed E-state index contributed by atoms with van der Waals surface area (Å²) in [5.74, 6) is 0.0768. The Morgan fingerprint density at radius 2 is 2.38 bits per heavy atom. The Kier molecular flexibility index (Phi) is 1.94. The second kappa shape index (κ2) is 3.10. The lowest BCUT2D eigenvalue weighted by atomic mass is 10.3. The van der Waals surface area contributed by atoms with Gasteiger partial charge in [0.05, 0.1) is 11.9 Å². The monoisotopic (exact) mass is 193 g/mol. The second-order valence-electron chi connectivity index (χ2n) is 2.64. The van der Waals surface area contributed by atoms with Crippen molar-refractivity contribution in [3.05, 3.63) is 22.8 Å². The molecule has 0 aliphatic rings. The minimum Gasteiger partial charge on any atom is -0.369 e. The molecule has 0 unspecified atom stereocenters. The zero-order valence-corrected chi connectivity index (χ0v) is 7.54. The number of nitrogens with two attached hydrogens (primary N) is 1. The number of thiophene rings is 1. The van der Waals surface area contributed by atoms with Crippen molar-refractivity contribution >= 4 is 28.1 Å². The molecule has 2 heterocycles. The van der Waals surface area contributed by atoms with E-state index in [-0.39, 0.29) is 6.42 Å². The van der Waals surface area contributed by atoms with Crippen molar-refractivity contribution in [1.29, 1.82) is 0 Å². The summed E-state index contributed by atoms with van der Waals surface area (Å²) in [5.41, 5.74) is 5.90. The number of carbonyl (C=O) groups excluding carboxylic acids is 1. The van der Waals surface area contributed by atoms with Crippen LogP contribution in [0.25, 0.3) is 10.9 Å². The van der Waals surface area contributed by atoms with E-state index in [1.165, 1.54) is 0 Å². The minimum atomic E-state index is -0.408. The van der Waals surface area contributed by atoms with Gasteiger partial charge in [-0.2, -0.15) is 0 Å². The average molecular weight is 193 g/mol. The molecule has 0 spiro atoms. The van der Waals surface area contributed by atoms with Gasteiger partial charge in [-0.15, -0.1) is 11.3 Å². The molecule has 0 fully saturated rings. The van der Waals surface area contributed by atoms with E-state index in [0.29, 0.717) is 5.82 Å². The fourth-order valence-electron chi connectivity index (χ4n) is 1.04. The largest absolute Gasteiger partial charge is 0.369 e. The van der Waals surface area contributed by atoms with E-state index in [9.17, 15) is 4.79 Å². The molecule has 66 valence electrons. The number of hydrogen-bond donors (Lipinski definition) is 1. The molecule has 2 aromatic rings. The number of carbonyl (C=O) groups is 1. The van der Waals surface area contributed by atoms with Gasteiger partial charge in [-0.25, -0.2) is 9.97 Å². The molecule has 5 heteroatoms. The van der Waals surface area contributed by atoms with Crippen LogP contribution in [0.4, 0.5) is 0 Å². The predicted molar refractivity (Wildman–Crippen MR) is 50.3 cm³/mol. The van der Waals surface area contributed by atoms with E-state index in [1.807, 2.05) is 10.8 Å². The number of aromatic nitrogens is 2. The summed E-state index contributed by atoms with van der Waals surface area (Å²) >= 11 is 1.56. The first-order valence-electron chi connectivity index (χ1n) is 3.72. The maximum atomic E-state index is 10.6. The maximum absolute atomic E-state index is 10.6. The van der Waals surface area contributed by atoms with Crippen LogP contribution in [-0.4, -0.2) is 15.9 Å². The molecule has 4 nitrogen and oxygen atoms in total. The average Bonchev–Trinajstić information content (AvgIpc) is 2.49. The third kappa shape index (κ3) is 1.65. The van der Waals surface area contributed by atoms with Crippen LogP contribution in [-0.2, 0) is 11.2 Å². The number of nitrogens with zero attached hydrogens (tertiary/aromatic N) is 2. The summed E-state index contributed by atoms with van der Waals surface area (Å²) in [5, 5.41) is 4.88. The molecule has 2 rings (SSSR count). The lowest BCUT2D eigenvalue weighted by molar-refractivity contribution is -0.117. The quantitative estimate of drug-likeness (QED) is 0.764. The van der Waals surface area contributed by atoms with Crippen molar-refractivity contribution in [2.45, 2.75) is 6.42 Å². The van der Waals surface area contributed by atoms with Gasteiger partial charge in [-0.1, -0.05) is 0 Å². The number of primary amides is 1. The topological polar surface area (TPSA) is 68.9 Å². The highest BCUT2D eigenvalue weighted by atomic mass is 32.1. The van der Waals surface area contributed by atoms with E-state index in [0.717, 1.165) is 10.9 Å². The Labute approximate surface area is 78.4 Å². The normalized spacial score (nSPS) is 10.5. The summed E-state index contributed by atoms with van der Waals surface area (Å²) in [6, 6.07) is 0. The highest BCUT2D eigenvalue weighted by Gasteiger charge is 2.03. The van der Waals surface area contributed by atoms with Crippen molar-refractivity contribution in [3.63, 3.8) is 0 Å². The molecular weight excluding hydrogens is 186 g/mol. The van der Waals surface area contributed by atoms with Gasteiger partial charge in [0.2, 0.25) is 5.91 Å². The molecule has 1 amide bonds. The van der Waals surface area contributed by atoms with Crippen LogP contribution in [0.2, 0.25) is 0 Å². The third-order valence-corrected chi connectivity index (χ3v) is 2.35. The first kappa shape index (κ1) is 8.12. The van der Waals surface area contributed by atoms with E-state index >= 15 is 0 Å². The molecule has 2 N–H and O–H groups in total. The van der Waals surface area contributed by atoms with E-state index in [2.05, 4.69) is 9.97 Å². The molecule has 0 aliphatic carbocycles. The van der Waals surface area contributed by atoms with Gasteiger partial charge in [0.25, 0.3) is 0 Å². The maximum Gasteiger partial charge on any atom is 0.225 e. The molecule has 0 aliphatic heterocycles. The lowest BCUT2D eigenvalue weighted by Gasteiger charge is -1.95. The summed E-state index contributed by atoms with van der Waals surface area (Å²) in [4.78, 5) is 18.8. The Hall–Kier alpha value is -1.49. The van der Waals surface area contributed by atoms with Crippen LogP contribution in [0.15, 0.2) is 17.0 Å². The Morgan fingerprint density at radius 3 is 3.15 bits per heavy atom. The van der Waals surface area contributed by atoms with Gasteiger partial charge in [-0.05, 0) is 0 Å². The summed E-state index contributed by atoms with van der Waals surface area (Å²) < 4.78 is 0. The lowest BCUT2D eigenvalue weighted by Crippen LogP contribution is -2.15. The zero-order chi connectivity index (χ0) is 9.26. The molecular formula is C8H7N3OS. The molecule has 0 radical (unpaired) electrons. The molecule has 0 atom stereocenters. The third-order valence-electron chi connectivity index (χ3n) is 1.60. The van der Waals surface area contributed by atoms with Gasteiger partial charge in [-0.3, -0.25) is 4.79 Å². The fourth-order valence-corrected chi connectivity index (χ4v) is 1.75.